The van der Waals surface area contributed by atoms with Crippen LogP contribution in [0.3, 0.4) is 0 Å². The Morgan fingerprint density at radius 1 is 1.14 bits per heavy atom. The van der Waals surface area contributed by atoms with Gasteiger partial charge in [-0.15, -0.1) is 0 Å². The van der Waals surface area contributed by atoms with Crippen molar-refractivity contribution >= 4 is 23.1 Å². The first-order chi connectivity index (χ1) is 13.4. The number of carbonyl (C=O) groups is 1. The van der Waals surface area contributed by atoms with Crippen LogP contribution >= 0.6 is 0 Å². The number of nitro groups is 1. The molecule has 0 fully saturated rings. The molecule has 0 saturated heterocycles. The van der Waals surface area contributed by atoms with Crippen molar-refractivity contribution in [2.75, 3.05) is 17.2 Å². The van der Waals surface area contributed by atoms with Crippen LogP contribution in [0.15, 0.2) is 30.3 Å². The highest BCUT2D eigenvalue weighted by molar-refractivity contribution is 5.90. The van der Waals surface area contributed by atoms with Crippen molar-refractivity contribution < 1.29 is 9.72 Å². The number of nitro benzene ring substituents is 1. The fourth-order valence-corrected chi connectivity index (χ4v) is 2.74. The van der Waals surface area contributed by atoms with Crippen molar-refractivity contribution in [3.8, 4) is 0 Å². The van der Waals surface area contributed by atoms with Gasteiger partial charge in [-0.2, -0.15) is 5.10 Å². The molecule has 0 spiro atoms. The number of nitrogens with zero attached hydrogens (tertiary/aromatic N) is 3. The molecular weight excluding hydrogens is 370 g/mol. The molecule has 1 amide bonds. The Kier molecular flexibility index (Phi) is 6.66. The summed E-state index contributed by atoms with van der Waals surface area (Å²) in [7, 11) is 0. The molecule has 0 bridgehead atoms. The maximum atomic E-state index is 12.4. The summed E-state index contributed by atoms with van der Waals surface area (Å²) >= 11 is 0. The van der Waals surface area contributed by atoms with Crippen LogP contribution in [0.4, 0.5) is 17.2 Å². The van der Waals surface area contributed by atoms with Gasteiger partial charge in [0.05, 0.1) is 16.2 Å². The third-order valence-corrected chi connectivity index (χ3v) is 4.37. The maximum Gasteiger partial charge on any atom is 0.269 e. The normalized spacial score (nSPS) is 11.9. The second-order valence-electron chi connectivity index (χ2n) is 9.13. The lowest BCUT2D eigenvalue weighted by atomic mass is 9.92. The minimum absolute atomic E-state index is 0.0556. The van der Waals surface area contributed by atoms with Crippen molar-refractivity contribution in [2.24, 2.45) is 0 Å². The quantitative estimate of drug-likeness (QED) is 0.399. The van der Waals surface area contributed by atoms with Crippen molar-refractivity contribution in [1.29, 1.82) is 0 Å². The lowest BCUT2D eigenvalue weighted by Crippen LogP contribution is -2.27. The Hall–Kier alpha value is -2.90. The number of aromatic nitrogens is 2. The van der Waals surface area contributed by atoms with E-state index in [1.807, 2.05) is 10.7 Å². The Labute approximate surface area is 171 Å². The second kappa shape index (κ2) is 8.63. The molecule has 0 atom stereocenters. The summed E-state index contributed by atoms with van der Waals surface area (Å²) in [5.74, 6) is 0.636. The monoisotopic (exact) mass is 401 g/mol. The van der Waals surface area contributed by atoms with E-state index in [1.54, 1.807) is 12.1 Å². The third kappa shape index (κ3) is 6.30. The van der Waals surface area contributed by atoms with E-state index in [4.69, 9.17) is 5.10 Å². The number of benzene rings is 1. The van der Waals surface area contributed by atoms with Gasteiger partial charge in [-0.3, -0.25) is 14.9 Å². The Balaban J connectivity index is 1.90. The lowest BCUT2D eigenvalue weighted by molar-refractivity contribution is -0.384. The molecule has 0 aliphatic heterocycles. The molecule has 1 heterocycles. The van der Waals surface area contributed by atoms with Gasteiger partial charge in [0.25, 0.3) is 5.69 Å². The average Bonchev–Trinajstić information content (AvgIpc) is 3.03. The number of nitrogens with one attached hydrogen (secondary N) is 2. The molecule has 8 nitrogen and oxygen atoms in total. The van der Waals surface area contributed by atoms with E-state index in [1.165, 1.54) is 12.1 Å². The first kappa shape index (κ1) is 22.4. The van der Waals surface area contributed by atoms with Crippen LogP contribution in [0.2, 0.25) is 0 Å². The van der Waals surface area contributed by atoms with Crippen molar-refractivity contribution in [3.05, 3.63) is 46.1 Å². The summed E-state index contributed by atoms with van der Waals surface area (Å²) in [6.07, 6.45) is 0.999. The zero-order valence-corrected chi connectivity index (χ0v) is 18.1. The molecule has 158 valence electrons. The molecule has 1 aromatic carbocycles. The van der Waals surface area contributed by atoms with Gasteiger partial charge in [-0.25, -0.2) is 4.68 Å². The highest BCUT2D eigenvalue weighted by atomic mass is 16.6. The van der Waals surface area contributed by atoms with Crippen LogP contribution in [0.25, 0.3) is 0 Å². The standard InChI is InChI=1S/C21H31N5O3/c1-20(2,3)17-14-18(25(24-17)21(4,5)6)23-19(27)8-7-13-22-15-9-11-16(12-10-15)26(28)29/h9-12,14,22H,7-8,13H2,1-6H3,(H,23,27). The van der Waals surface area contributed by atoms with E-state index >= 15 is 0 Å². The molecule has 2 N–H and O–H groups in total. The summed E-state index contributed by atoms with van der Waals surface area (Å²) in [6.45, 7) is 13.0. The van der Waals surface area contributed by atoms with Crippen LogP contribution in [-0.2, 0) is 15.7 Å². The van der Waals surface area contributed by atoms with Gasteiger partial charge in [0.15, 0.2) is 0 Å². The molecule has 8 heteroatoms. The van der Waals surface area contributed by atoms with Crippen molar-refractivity contribution in [2.45, 2.75) is 65.3 Å². The third-order valence-electron chi connectivity index (χ3n) is 4.37. The topological polar surface area (TPSA) is 102 Å². The van der Waals surface area contributed by atoms with Gasteiger partial charge < -0.3 is 10.6 Å². The van der Waals surface area contributed by atoms with E-state index < -0.39 is 4.92 Å². The van der Waals surface area contributed by atoms with Crippen LogP contribution < -0.4 is 10.6 Å². The molecule has 0 aliphatic carbocycles. The fraction of sp³-hybridized carbons (Fsp3) is 0.524. The van der Waals surface area contributed by atoms with E-state index in [0.717, 1.165) is 11.4 Å². The molecule has 2 rings (SSSR count). The fourth-order valence-electron chi connectivity index (χ4n) is 2.74. The number of anilines is 2. The van der Waals surface area contributed by atoms with E-state index in [9.17, 15) is 14.9 Å². The maximum absolute atomic E-state index is 12.4. The van der Waals surface area contributed by atoms with Crippen LogP contribution in [0.1, 0.15) is 60.1 Å². The molecule has 0 radical (unpaired) electrons. The predicted octanol–water partition coefficient (Wildman–Crippen LogP) is 4.67. The van der Waals surface area contributed by atoms with Crippen molar-refractivity contribution in [1.82, 2.24) is 9.78 Å². The molecule has 0 saturated carbocycles. The Bertz CT molecular complexity index is 858. The zero-order valence-electron chi connectivity index (χ0n) is 18.1. The van der Waals surface area contributed by atoms with Crippen LogP contribution in [0.5, 0.6) is 0 Å². The predicted molar refractivity (Wildman–Crippen MR) is 115 cm³/mol. The number of carbonyl (C=O) groups excluding carboxylic acids is 1. The largest absolute Gasteiger partial charge is 0.385 e. The first-order valence-electron chi connectivity index (χ1n) is 9.77. The van der Waals surface area contributed by atoms with Gasteiger partial charge >= 0.3 is 0 Å². The summed E-state index contributed by atoms with van der Waals surface area (Å²) in [5, 5.41) is 21.5. The molecule has 0 unspecified atom stereocenters. The van der Waals surface area contributed by atoms with Gasteiger partial charge in [0, 0.05) is 42.3 Å². The molecule has 0 aliphatic rings. The summed E-state index contributed by atoms with van der Waals surface area (Å²) in [4.78, 5) is 22.7. The minimum Gasteiger partial charge on any atom is -0.385 e. The smallest absolute Gasteiger partial charge is 0.269 e. The summed E-state index contributed by atoms with van der Waals surface area (Å²) < 4.78 is 1.86. The van der Waals surface area contributed by atoms with E-state index in [0.29, 0.717) is 25.2 Å². The zero-order chi connectivity index (χ0) is 21.8. The first-order valence-corrected chi connectivity index (χ1v) is 9.77. The average molecular weight is 402 g/mol. The Morgan fingerprint density at radius 3 is 2.28 bits per heavy atom. The molecular formula is C21H31N5O3. The van der Waals surface area contributed by atoms with Gasteiger partial charge in [-0.05, 0) is 39.3 Å². The number of rotatable bonds is 7. The minimum atomic E-state index is -0.429. The SMILES string of the molecule is CC(C)(C)c1cc(NC(=O)CCCNc2ccc([N+](=O)[O-])cc2)n(C(C)(C)C)n1. The van der Waals surface area contributed by atoms with E-state index in [2.05, 4.69) is 52.2 Å². The van der Waals surface area contributed by atoms with Crippen LogP contribution in [0, 0.1) is 10.1 Å². The van der Waals surface area contributed by atoms with Crippen molar-refractivity contribution in [3.63, 3.8) is 0 Å². The second-order valence-corrected chi connectivity index (χ2v) is 9.13. The highest BCUT2D eigenvalue weighted by Crippen LogP contribution is 2.28. The van der Waals surface area contributed by atoms with Gasteiger partial charge in [-0.1, -0.05) is 20.8 Å². The number of hydrogen-bond donors (Lipinski definition) is 2. The highest BCUT2D eigenvalue weighted by Gasteiger charge is 2.25. The van der Waals surface area contributed by atoms with Gasteiger partial charge in [0.1, 0.15) is 5.82 Å². The Morgan fingerprint density at radius 2 is 1.76 bits per heavy atom. The summed E-state index contributed by atoms with van der Waals surface area (Å²) in [6, 6.07) is 8.17. The molecule has 29 heavy (non-hydrogen) atoms. The van der Waals surface area contributed by atoms with Crippen LogP contribution in [-0.4, -0.2) is 27.2 Å². The number of amides is 1. The molecule has 2 aromatic rings. The van der Waals surface area contributed by atoms with Gasteiger partial charge in [0.2, 0.25) is 5.91 Å². The van der Waals surface area contributed by atoms with E-state index in [-0.39, 0.29) is 22.5 Å². The lowest BCUT2D eigenvalue weighted by Gasteiger charge is -2.23. The summed E-state index contributed by atoms with van der Waals surface area (Å²) in [5.41, 5.74) is 1.42. The molecule has 1 aromatic heterocycles. The number of non-ortho nitro benzene ring substituents is 1. The number of hydrogen-bond acceptors (Lipinski definition) is 5.